The minimum atomic E-state index is -2.91. The standard InChI is InChI=1S/C11H13F2N/c1-9(11(12,13)8-14)7-10-5-3-2-4-6-10/h2-7H,8,14H2,1H3/b9-7+. The molecular formula is C11H13F2N. The lowest BCUT2D eigenvalue weighted by Crippen LogP contribution is -2.28. The summed E-state index contributed by atoms with van der Waals surface area (Å²) < 4.78 is 26.1. The summed E-state index contributed by atoms with van der Waals surface area (Å²) in [5, 5.41) is 0. The Bertz CT molecular complexity index is 317. The zero-order valence-corrected chi connectivity index (χ0v) is 8.00. The molecule has 0 atom stereocenters. The Kier molecular flexibility index (Phi) is 3.36. The van der Waals surface area contributed by atoms with Crippen LogP contribution < -0.4 is 5.73 Å². The van der Waals surface area contributed by atoms with Gasteiger partial charge in [-0.25, -0.2) is 8.78 Å². The van der Waals surface area contributed by atoms with Crippen LogP contribution in [-0.4, -0.2) is 12.5 Å². The molecule has 0 radical (unpaired) electrons. The fraction of sp³-hybridized carbons (Fsp3) is 0.273. The summed E-state index contributed by atoms with van der Waals surface area (Å²) in [4.78, 5) is 0. The molecule has 1 rings (SSSR count). The van der Waals surface area contributed by atoms with Gasteiger partial charge < -0.3 is 5.73 Å². The van der Waals surface area contributed by atoms with Crippen LogP contribution in [0, 0.1) is 0 Å². The van der Waals surface area contributed by atoms with E-state index in [0.29, 0.717) is 0 Å². The van der Waals surface area contributed by atoms with Gasteiger partial charge in [-0.3, -0.25) is 0 Å². The van der Waals surface area contributed by atoms with Crippen LogP contribution in [0.4, 0.5) is 8.78 Å². The van der Waals surface area contributed by atoms with E-state index in [9.17, 15) is 8.78 Å². The molecule has 0 saturated carbocycles. The predicted octanol–water partition coefficient (Wildman–Crippen LogP) is 2.68. The van der Waals surface area contributed by atoms with Crippen LogP contribution in [0.5, 0.6) is 0 Å². The first kappa shape index (κ1) is 10.9. The monoisotopic (exact) mass is 197 g/mol. The zero-order valence-electron chi connectivity index (χ0n) is 8.00. The quantitative estimate of drug-likeness (QED) is 0.792. The molecule has 3 heteroatoms. The minimum absolute atomic E-state index is 0.00815. The lowest BCUT2D eigenvalue weighted by Gasteiger charge is -2.14. The maximum absolute atomic E-state index is 13.0. The van der Waals surface area contributed by atoms with Crippen LogP contribution >= 0.6 is 0 Å². The maximum atomic E-state index is 13.0. The van der Waals surface area contributed by atoms with Crippen molar-refractivity contribution in [2.24, 2.45) is 5.73 Å². The smallest absolute Gasteiger partial charge is 0.281 e. The molecule has 0 amide bonds. The molecule has 1 nitrogen and oxygen atoms in total. The van der Waals surface area contributed by atoms with E-state index >= 15 is 0 Å². The average molecular weight is 197 g/mol. The third kappa shape index (κ3) is 2.64. The van der Waals surface area contributed by atoms with Gasteiger partial charge in [0.25, 0.3) is 5.92 Å². The second kappa shape index (κ2) is 4.33. The fourth-order valence-electron chi connectivity index (χ4n) is 1.07. The van der Waals surface area contributed by atoms with Crippen molar-refractivity contribution < 1.29 is 8.78 Å². The first-order valence-electron chi connectivity index (χ1n) is 4.38. The highest BCUT2D eigenvalue weighted by atomic mass is 19.3. The number of hydrogen-bond acceptors (Lipinski definition) is 1. The van der Waals surface area contributed by atoms with Crippen LogP contribution in [0.3, 0.4) is 0 Å². The summed E-state index contributed by atoms with van der Waals surface area (Å²) in [6.45, 7) is 0.738. The largest absolute Gasteiger partial charge is 0.325 e. The van der Waals surface area contributed by atoms with E-state index in [1.165, 1.54) is 13.0 Å². The Morgan fingerprint density at radius 1 is 1.36 bits per heavy atom. The third-order valence-corrected chi connectivity index (χ3v) is 2.02. The summed E-state index contributed by atoms with van der Waals surface area (Å²) >= 11 is 0. The number of benzene rings is 1. The van der Waals surface area contributed by atoms with Gasteiger partial charge in [-0.15, -0.1) is 0 Å². The van der Waals surface area contributed by atoms with Gasteiger partial charge in [-0.2, -0.15) is 0 Å². The first-order chi connectivity index (χ1) is 6.56. The van der Waals surface area contributed by atoms with Crippen molar-refractivity contribution in [3.05, 3.63) is 41.5 Å². The molecule has 76 valence electrons. The van der Waals surface area contributed by atoms with Crippen LogP contribution in [0.2, 0.25) is 0 Å². The number of alkyl halides is 2. The Morgan fingerprint density at radius 3 is 2.43 bits per heavy atom. The Hall–Kier alpha value is -1.22. The van der Waals surface area contributed by atoms with Crippen LogP contribution in [-0.2, 0) is 0 Å². The van der Waals surface area contributed by atoms with Crippen LogP contribution in [0.15, 0.2) is 35.9 Å². The molecular weight excluding hydrogens is 184 g/mol. The van der Waals surface area contributed by atoms with Gasteiger partial charge in [0.2, 0.25) is 0 Å². The van der Waals surface area contributed by atoms with Gasteiger partial charge in [0, 0.05) is 0 Å². The maximum Gasteiger partial charge on any atom is 0.281 e. The van der Waals surface area contributed by atoms with Gasteiger partial charge >= 0.3 is 0 Å². The molecule has 0 heterocycles. The van der Waals surface area contributed by atoms with E-state index in [1.807, 2.05) is 6.07 Å². The van der Waals surface area contributed by atoms with E-state index in [1.54, 1.807) is 24.3 Å². The Labute approximate surface area is 82.2 Å². The predicted molar refractivity (Wildman–Crippen MR) is 54.1 cm³/mol. The number of rotatable bonds is 3. The lowest BCUT2D eigenvalue weighted by atomic mass is 10.1. The van der Waals surface area contributed by atoms with Crippen molar-refractivity contribution in [3.8, 4) is 0 Å². The highest BCUT2D eigenvalue weighted by Gasteiger charge is 2.28. The van der Waals surface area contributed by atoms with Crippen LogP contribution in [0.25, 0.3) is 6.08 Å². The summed E-state index contributed by atoms with van der Waals surface area (Å²) in [5.74, 6) is -2.91. The number of hydrogen-bond donors (Lipinski definition) is 1. The first-order valence-corrected chi connectivity index (χ1v) is 4.38. The van der Waals surface area contributed by atoms with Gasteiger partial charge in [-0.05, 0) is 18.1 Å². The highest BCUT2D eigenvalue weighted by Crippen LogP contribution is 2.24. The normalized spacial score (nSPS) is 13.0. The molecule has 2 N–H and O–H groups in total. The van der Waals surface area contributed by atoms with Crippen molar-refractivity contribution in [3.63, 3.8) is 0 Å². The molecule has 0 aliphatic rings. The van der Waals surface area contributed by atoms with Crippen molar-refractivity contribution in [2.45, 2.75) is 12.8 Å². The van der Waals surface area contributed by atoms with Gasteiger partial charge in [0.15, 0.2) is 0 Å². The highest BCUT2D eigenvalue weighted by molar-refractivity contribution is 5.53. The summed E-state index contributed by atoms with van der Waals surface area (Å²) in [7, 11) is 0. The zero-order chi connectivity index (χ0) is 10.6. The van der Waals surface area contributed by atoms with E-state index in [-0.39, 0.29) is 5.57 Å². The molecule has 0 unspecified atom stereocenters. The summed E-state index contributed by atoms with van der Waals surface area (Å²) in [5.41, 5.74) is 5.72. The summed E-state index contributed by atoms with van der Waals surface area (Å²) in [6, 6.07) is 9.00. The molecule has 14 heavy (non-hydrogen) atoms. The molecule has 0 aliphatic carbocycles. The van der Waals surface area contributed by atoms with Crippen molar-refractivity contribution in [1.82, 2.24) is 0 Å². The molecule has 0 aliphatic heterocycles. The van der Waals surface area contributed by atoms with E-state index < -0.39 is 12.5 Å². The molecule has 0 saturated heterocycles. The summed E-state index contributed by atoms with van der Waals surface area (Å²) in [6.07, 6.45) is 1.45. The average Bonchev–Trinajstić information content (AvgIpc) is 2.19. The van der Waals surface area contributed by atoms with Crippen molar-refractivity contribution in [1.29, 1.82) is 0 Å². The van der Waals surface area contributed by atoms with Gasteiger partial charge in [-0.1, -0.05) is 36.4 Å². The second-order valence-corrected chi connectivity index (χ2v) is 3.15. The Balaban J connectivity index is 2.89. The van der Waals surface area contributed by atoms with Gasteiger partial charge in [0.05, 0.1) is 6.54 Å². The molecule has 0 aromatic heterocycles. The number of halogens is 2. The minimum Gasteiger partial charge on any atom is -0.325 e. The van der Waals surface area contributed by atoms with E-state index in [4.69, 9.17) is 5.73 Å². The fourth-order valence-corrected chi connectivity index (χ4v) is 1.07. The third-order valence-electron chi connectivity index (χ3n) is 2.02. The number of nitrogens with two attached hydrogens (primary N) is 1. The molecule has 0 spiro atoms. The van der Waals surface area contributed by atoms with Gasteiger partial charge in [0.1, 0.15) is 0 Å². The van der Waals surface area contributed by atoms with Crippen LogP contribution in [0.1, 0.15) is 12.5 Å². The topological polar surface area (TPSA) is 26.0 Å². The van der Waals surface area contributed by atoms with Crippen molar-refractivity contribution >= 4 is 6.08 Å². The SMILES string of the molecule is C/C(=C\c1ccccc1)C(F)(F)CN. The molecule has 1 aromatic rings. The van der Waals surface area contributed by atoms with E-state index in [2.05, 4.69) is 0 Å². The molecule has 1 aromatic carbocycles. The lowest BCUT2D eigenvalue weighted by molar-refractivity contribution is 0.0528. The Morgan fingerprint density at radius 2 is 1.93 bits per heavy atom. The van der Waals surface area contributed by atoms with Crippen molar-refractivity contribution in [2.75, 3.05) is 6.54 Å². The second-order valence-electron chi connectivity index (χ2n) is 3.15. The molecule has 0 bridgehead atoms. The molecule has 0 fully saturated rings. The van der Waals surface area contributed by atoms with E-state index in [0.717, 1.165) is 5.56 Å².